The number of rotatable bonds is 4. The van der Waals surface area contributed by atoms with Gasteiger partial charge in [0.2, 0.25) is 0 Å². The van der Waals surface area contributed by atoms with Gasteiger partial charge < -0.3 is 9.88 Å². The summed E-state index contributed by atoms with van der Waals surface area (Å²) in [5.74, 6) is 0. The van der Waals surface area contributed by atoms with Gasteiger partial charge in [-0.25, -0.2) is 4.98 Å². The molecule has 0 spiro atoms. The molecule has 19 heavy (non-hydrogen) atoms. The molecule has 0 aliphatic heterocycles. The lowest BCUT2D eigenvalue weighted by Gasteiger charge is -2.22. The molecule has 3 rings (SSSR count). The number of hydrogen-bond acceptors (Lipinski definition) is 3. The van der Waals surface area contributed by atoms with Gasteiger partial charge in [-0.15, -0.1) is 11.3 Å². The molecule has 102 valence electrons. The highest BCUT2D eigenvalue weighted by Crippen LogP contribution is 2.30. The van der Waals surface area contributed by atoms with Crippen molar-refractivity contribution in [1.29, 1.82) is 0 Å². The molecule has 4 heteroatoms. The Bertz CT molecular complexity index is 555. The third kappa shape index (κ3) is 2.74. The van der Waals surface area contributed by atoms with Crippen LogP contribution >= 0.6 is 11.3 Å². The third-order valence-electron chi connectivity index (χ3n) is 3.75. The van der Waals surface area contributed by atoms with Gasteiger partial charge in [0.05, 0.1) is 6.54 Å². The number of aryl methyl sites for hydroxylation is 2. The SMILES string of the molecule is CCNC1CCCc2cn(Cc3nc(C)cs3)cc21. The van der Waals surface area contributed by atoms with Crippen LogP contribution in [0.15, 0.2) is 17.8 Å². The van der Waals surface area contributed by atoms with E-state index in [9.17, 15) is 0 Å². The van der Waals surface area contributed by atoms with E-state index in [1.165, 1.54) is 35.4 Å². The summed E-state index contributed by atoms with van der Waals surface area (Å²) in [6, 6.07) is 0.549. The predicted octanol–water partition coefficient (Wildman–Crippen LogP) is 3.29. The Hall–Kier alpha value is -1.13. The van der Waals surface area contributed by atoms with Crippen LogP contribution in [0.4, 0.5) is 0 Å². The van der Waals surface area contributed by atoms with Crippen LogP contribution in [-0.4, -0.2) is 16.1 Å². The monoisotopic (exact) mass is 275 g/mol. The Balaban J connectivity index is 1.81. The van der Waals surface area contributed by atoms with E-state index in [1.54, 1.807) is 11.3 Å². The zero-order valence-electron chi connectivity index (χ0n) is 11.6. The first-order chi connectivity index (χ1) is 9.26. The zero-order valence-corrected chi connectivity index (χ0v) is 12.5. The molecule has 1 aliphatic carbocycles. The molecular weight excluding hydrogens is 254 g/mol. The Morgan fingerprint density at radius 2 is 2.37 bits per heavy atom. The van der Waals surface area contributed by atoms with Crippen LogP contribution in [0.3, 0.4) is 0 Å². The minimum Gasteiger partial charge on any atom is -0.347 e. The normalized spacial score (nSPS) is 18.5. The summed E-state index contributed by atoms with van der Waals surface area (Å²) in [4.78, 5) is 4.55. The summed E-state index contributed by atoms with van der Waals surface area (Å²) in [5, 5.41) is 6.92. The van der Waals surface area contributed by atoms with E-state index in [2.05, 4.69) is 46.5 Å². The van der Waals surface area contributed by atoms with Crippen LogP contribution < -0.4 is 5.32 Å². The average Bonchev–Trinajstić information content (AvgIpc) is 2.97. The van der Waals surface area contributed by atoms with Gasteiger partial charge >= 0.3 is 0 Å². The third-order valence-corrected chi connectivity index (χ3v) is 4.70. The fourth-order valence-electron chi connectivity index (χ4n) is 2.93. The number of nitrogens with zero attached hydrogens (tertiary/aromatic N) is 2. The summed E-state index contributed by atoms with van der Waals surface area (Å²) in [5.41, 5.74) is 4.15. The number of thiazole rings is 1. The van der Waals surface area contributed by atoms with Crippen LogP contribution in [0.25, 0.3) is 0 Å². The van der Waals surface area contributed by atoms with Gasteiger partial charge in [0, 0.05) is 29.5 Å². The lowest BCUT2D eigenvalue weighted by atomic mass is 9.91. The first-order valence-corrected chi connectivity index (χ1v) is 7.97. The number of fused-ring (bicyclic) bond motifs is 1. The topological polar surface area (TPSA) is 29.9 Å². The highest BCUT2D eigenvalue weighted by atomic mass is 32.1. The second-order valence-electron chi connectivity index (χ2n) is 5.30. The molecule has 2 heterocycles. The lowest BCUT2D eigenvalue weighted by molar-refractivity contribution is 0.473. The Kier molecular flexibility index (Phi) is 3.71. The lowest BCUT2D eigenvalue weighted by Crippen LogP contribution is -2.23. The highest BCUT2D eigenvalue weighted by Gasteiger charge is 2.21. The molecule has 0 radical (unpaired) electrons. The quantitative estimate of drug-likeness (QED) is 0.928. The van der Waals surface area contributed by atoms with Gasteiger partial charge in [0.15, 0.2) is 0 Å². The van der Waals surface area contributed by atoms with E-state index in [-0.39, 0.29) is 0 Å². The largest absolute Gasteiger partial charge is 0.347 e. The second-order valence-corrected chi connectivity index (χ2v) is 6.24. The molecule has 1 N–H and O–H groups in total. The molecule has 3 nitrogen and oxygen atoms in total. The molecule has 0 fully saturated rings. The predicted molar refractivity (Wildman–Crippen MR) is 79.7 cm³/mol. The van der Waals surface area contributed by atoms with E-state index in [4.69, 9.17) is 0 Å². The summed E-state index contributed by atoms with van der Waals surface area (Å²) >= 11 is 1.75. The summed E-state index contributed by atoms with van der Waals surface area (Å²) < 4.78 is 2.30. The van der Waals surface area contributed by atoms with Gasteiger partial charge in [0.25, 0.3) is 0 Å². The van der Waals surface area contributed by atoms with Gasteiger partial charge in [-0.3, -0.25) is 0 Å². The molecule has 2 aromatic heterocycles. The van der Waals surface area contributed by atoms with Crippen LogP contribution in [0, 0.1) is 6.92 Å². The van der Waals surface area contributed by atoms with Gasteiger partial charge in [-0.2, -0.15) is 0 Å². The van der Waals surface area contributed by atoms with Crippen LogP contribution in [0.1, 0.15) is 47.6 Å². The minimum absolute atomic E-state index is 0.549. The van der Waals surface area contributed by atoms with Crippen molar-refractivity contribution in [3.05, 3.63) is 39.6 Å². The summed E-state index contributed by atoms with van der Waals surface area (Å²) in [7, 11) is 0. The molecule has 0 bridgehead atoms. The highest BCUT2D eigenvalue weighted by molar-refractivity contribution is 7.09. The van der Waals surface area contributed by atoms with Gasteiger partial charge in [-0.05, 0) is 43.9 Å². The number of hydrogen-bond donors (Lipinski definition) is 1. The summed E-state index contributed by atoms with van der Waals surface area (Å²) in [6.45, 7) is 6.19. The molecule has 0 aromatic carbocycles. The summed E-state index contributed by atoms with van der Waals surface area (Å²) in [6.07, 6.45) is 8.42. The van der Waals surface area contributed by atoms with Crippen molar-refractivity contribution in [3.8, 4) is 0 Å². The fraction of sp³-hybridized carbons (Fsp3) is 0.533. The van der Waals surface area contributed by atoms with E-state index in [0.717, 1.165) is 18.8 Å². The van der Waals surface area contributed by atoms with Crippen molar-refractivity contribution in [2.24, 2.45) is 0 Å². The number of aromatic nitrogens is 2. The standard InChI is InChI=1S/C15H21N3S/c1-3-16-14-6-4-5-12-7-18(8-13(12)14)9-15-17-11(2)10-19-15/h7-8,10,14,16H,3-6,9H2,1-2H3. The van der Waals surface area contributed by atoms with Gasteiger partial charge in [-0.1, -0.05) is 6.92 Å². The maximum absolute atomic E-state index is 4.55. The second kappa shape index (κ2) is 5.47. The van der Waals surface area contributed by atoms with E-state index < -0.39 is 0 Å². The van der Waals surface area contributed by atoms with Crippen LogP contribution in [0.5, 0.6) is 0 Å². The van der Waals surface area contributed by atoms with Crippen LogP contribution in [-0.2, 0) is 13.0 Å². The van der Waals surface area contributed by atoms with Crippen molar-refractivity contribution in [2.45, 2.75) is 45.7 Å². The first kappa shape index (κ1) is 12.9. The maximum Gasteiger partial charge on any atom is 0.113 e. The Morgan fingerprint density at radius 1 is 1.47 bits per heavy atom. The van der Waals surface area contributed by atoms with Crippen molar-refractivity contribution in [1.82, 2.24) is 14.9 Å². The fourth-order valence-corrected chi connectivity index (χ4v) is 3.71. The van der Waals surface area contributed by atoms with Crippen LogP contribution in [0.2, 0.25) is 0 Å². The molecule has 1 atom stereocenters. The maximum atomic E-state index is 4.55. The van der Waals surface area contributed by atoms with E-state index >= 15 is 0 Å². The van der Waals surface area contributed by atoms with Crippen molar-refractivity contribution < 1.29 is 0 Å². The Labute approximate surface area is 118 Å². The Morgan fingerprint density at radius 3 is 3.11 bits per heavy atom. The molecule has 2 aromatic rings. The average molecular weight is 275 g/mol. The number of nitrogens with one attached hydrogen (secondary N) is 1. The van der Waals surface area contributed by atoms with E-state index in [1.807, 2.05) is 0 Å². The minimum atomic E-state index is 0.549. The molecule has 0 amide bonds. The van der Waals surface area contributed by atoms with Crippen molar-refractivity contribution in [3.63, 3.8) is 0 Å². The van der Waals surface area contributed by atoms with E-state index in [0.29, 0.717) is 6.04 Å². The van der Waals surface area contributed by atoms with Crippen molar-refractivity contribution in [2.75, 3.05) is 6.54 Å². The first-order valence-electron chi connectivity index (χ1n) is 7.09. The molecular formula is C15H21N3S. The molecule has 1 unspecified atom stereocenters. The zero-order chi connectivity index (χ0) is 13.2. The van der Waals surface area contributed by atoms with Gasteiger partial charge in [0.1, 0.15) is 5.01 Å². The van der Waals surface area contributed by atoms with Crippen molar-refractivity contribution >= 4 is 11.3 Å². The molecule has 1 aliphatic rings. The molecule has 0 saturated heterocycles. The molecule has 0 saturated carbocycles. The smallest absolute Gasteiger partial charge is 0.113 e.